The molecule has 0 bridgehead atoms. The van der Waals surface area contributed by atoms with E-state index in [0.29, 0.717) is 6.61 Å². The van der Waals surface area contributed by atoms with Crippen molar-refractivity contribution < 1.29 is 9.13 Å². The Hall–Kier alpha value is -1.94. The molecule has 1 aromatic heterocycles. The lowest BCUT2D eigenvalue weighted by molar-refractivity contribution is 0.0410. The van der Waals surface area contributed by atoms with Gasteiger partial charge < -0.3 is 9.64 Å². The molecule has 1 aliphatic rings. The van der Waals surface area contributed by atoms with E-state index in [9.17, 15) is 4.39 Å². The second-order valence-corrected chi connectivity index (χ2v) is 4.98. The Morgan fingerprint density at radius 2 is 2.10 bits per heavy atom. The van der Waals surface area contributed by atoms with Crippen molar-refractivity contribution >= 4 is 5.69 Å². The molecule has 0 unspecified atom stereocenters. The van der Waals surface area contributed by atoms with Crippen molar-refractivity contribution in [2.75, 3.05) is 24.6 Å². The summed E-state index contributed by atoms with van der Waals surface area (Å²) in [7, 11) is 0. The molecular formula is C16H17FN2O. The van der Waals surface area contributed by atoms with Crippen LogP contribution in [0.15, 0.2) is 48.8 Å². The van der Waals surface area contributed by atoms with Crippen LogP contribution in [0.25, 0.3) is 0 Å². The number of nitrogens with zero attached hydrogens (tertiary/aromatic N) is 2. The molecule has 0 amide bonds. The van der Waals surface area contributed by atoms with Gasteiger partial charge in [-0.3, -0.25) is 4.98 Å². The molecule has 0 spiro atoms. The molecule has 0 aliphatic carbocycles. The van der Waals surface area contributed by atoms with Crippen molar-refractivity contribution in [2.24, 2.45) is 0 Å². The molecule has 0 N–H and O–H groups in total. The Balaban J connectivity index is 1.66. The van der Waals surface area contributed by atoms with Crippen molar-refractivity contribution in [2.45, 2.75) is 12.5 Å². The average Bonchev–Trinajstić information content (AvgIpc) is 2.49. The number of hydrogen-bond acceptors (Lipinski definition) is 3. The molecule has 2 heterocycles. The fourth-order valence-electron chi connectivity index (χ4n) is 2.51. The standard InChI is InChI=1S/C16H17FN2O/c17-14-3-5-15(6-4-14)19-8-9-20-16(12-19)10-13-2-1-7-18-11-13/h1-7,11,16H,8-10,12H2/t16-/m0/s1. The smallest absolute Gasteiger partial charge is 0.123 e. The number of hydrogen-bond donors (Lipinski definition) is 0. The first-order valence-corrected chi connectivity index (χ1v) is 6.82. The van der Waals surface area contributed by atoms with Gasteiger partial charge in [0.1, 0.15) is 5.82 Å². The molecular weight excluding hydrogens is 255 g/mol. The molecule has 1 atom stereocenters. The second kappa shape index (κ2) is 6.01. The fraction of sp³-hybridized carbons (Fsp3) is 0.312. The lowest BCUT2D eigenvalue weighted by Crippen LogP contribution is -2.43. The molecule has 0 saturated carbocycles. The highest BCUT2D eigenvalue weighted by atomic mass is 19.1. The van der Waals surface area contributed by atoms with Gasteiger partial charge >= 0.3 is 0 Å². The maximum absolute atomic E-state index is 13.0. The first-order valence-electron chi connectivity index (χ1n) is 6.82. The molecule has 20 heavy (non-hydrogen) atoms. The van der Waals surface area contributed by atoms with Gasteiger partial charge in [-0.25, -0.2) is 4.39 Å². The monoisotopic (exact) mass is 272 g/mol. The van der Waals surface area contributed by atoms with Crippen LogP contribution < -0.4 is 4.90 Å². The number of benzene rings is 1. The maximum atomic E-state index is 13.0. The van der Waals surface area contributed by atoms with Gasteiger partial charge in [-0.1, -0.05) is 6.07 Å². The normalized spacial score (nSPS) is 19.1. The van der Waals surface area contributed by atoms with Crippen molar-refractivity contribution in [1.82, 2.24) is 4.98 Å². The molecule has 0 radical (unpaired) electrons. The Labute approximate surface area is 118 Å². The second-order valence-electron chi connectivity index (χ2n) is 4.98. The van der Waals surface area contributed by atoms with Crippen molar-refractivity contribution in [3.05, 3.63) is 60.2 Å². The number of rotatable bonds is 3. The third-order valence-corrected chi connectivity index (χ3v) is 3.52. The largest absolute Gasteiger partial charge is 0.374 e. The minimum absolute atomic E-state index is 0.151. The van der Waals surface area contributed by atoms with Crippen LogP contribution in [-0.4, -0.2) is 30.8 Å². The number of ether oxygens (including phenoxy) is 1. The minimum atomic E-state index is -0.200. The molecule has 1 aromatic carbocycles. The van der Waals surface area contributed by atoms with Crippen molar-refractivity contribution in [1.29, 1.82) is 0 Å². The van der Waals surface area contributed by atoms with Crippen LogP contribution in [0.2, 0.25) is 0 Å². The molecule has 4 heteroatoms. The number of aromatic nitrogens is 1. The summed E-state index contributed by atoms with van der Waals surface area (Å²) < 4.78 is 18.8. The molecule has 3 rings (SSSR count). The summed E-state index contributed by atoms with van der Waals surface area (Å²) in [6, 6.07) is 10.6. The number of pyridine rings is 1. The summed E-state index contributed by atoms with van der Waals surface area (Å²) in [4.78, 5) is 6.37. The third-order valence-electron chi connectivity index (χ3n) is 3.52. The Kier molecular flexibility index (Phi) is 3.92. The van der Waals surface area contributed by atoms with Gasteiger partial charge in [0, 0.05) is 37.6 Å². The first kappa shape index (κ1) is 13.1. The molecule has 1 aliphatic heterocycles. The van der Waals surface area contributed by atoms with Crippen molar-refractivity contribution in [3.63, 3.8) is 0 Å². The molecule has 1 fully saturated rings. The zero-order valence-electron chi connectivity index (χ0n) is 11.2. The Morgan fingerprint density at radius 1 is 1.25 bits per heavy atom. The SMILES string of the molecule is Fc1ccc(N2CCO[C@@H](Cc3cccnc3)C2)cc1. The molecule has 1 saturated heterocycles. The van der Waals surface area contributed by atoms with E-state index >= 15 is 0 Å². The summed E-state index contributed by atoms with van der Waals surface area (Å²) in [5.74, 6) is -0.200. The van der Waals surface area contributed by atoms with Crippen LogP contribution in [0.1, 0.15) is 5.56 Å². The van der Waals surface area contributed by atoms with E-state index in [-0.39, 0.29) is 11.9 Å². The van der Waals surface area contributed by atoms with E-state index in [1.165, 1.54) is 17.7 Å². The Morgan fingerprint density at radius 3 is 2.85 bits per heavy atom. The first-order chi connectivity index (χ1) is 9.81. The Bertz CT molecular complexity index is 544. The quantitative estimate of drug-likeness (QED) is 0.859. The highest BCUT2D eigenvalue weighted by Crippen LogP contribution is 2.19. The third kappa shape index (κ3) is 3.14. The summed E-state index contributed by atoms with van der Waals surface area (Å²) >= 11 is 0. The van der Waals surface area contributed by atoms with E-state index in [0.717, 1.165) is 25.2 Å². The van der Waals surface area contributed by atoms with Crippen molar-refractivity contribution in [3.8, 4) is 0 Å². The maximum Gasteiger partial charge on any atom is 0.123 e. The van der Waals surface area contributed by atoms with E-state index in [1.54, 1.807) is 6.20 Å². The summed E-state index contributed by atoms with van der Waals surface area (Å²) in [5, 5.41) is 0. The lowest BCUT2D eigenvalue weighted by atomic mass is 10.1. The summed E-state index contributed by atoms with van der Waals surface area (Å²) in [5.41, 5.74) is 2.23. The van der Waals surface area contributed by atoms with Crippen LogP contribution in [0.3, 0.4) is 0 Å². The average molecular weight is 272 g/mol. The zero-order chi connectivity index (χ0) is 13.8. The zero-order valence-corrected chi connectivity index (χ0v) is 11.2. The minimum Gasteiger partial charge on any atom is -0.374 e. The predicted molar refractivity (Wildman–Crippen MR) is 76.3 cm³/mol. The van der Waals surface area contributed by atoms with Gasteiger partial charge in [0.25, 0.3) is 0 Å². The van der Waals surface area contributed by atoms with Gasteiger partial charge in [-0.05, 0) is 35.9 Å². The van der Waals surface area contributed by atoms with Gasteiger partial charge in [-0.15, -0.1) is 0 Å². The number of halogens is 1. The van der Waals surface area contributed by atoms with E-state index in [4.69, 9.17) is 4.74 Å². The molecule has 2 aromatic rings. The van der Waals surface area contributed by atoms with Gasteiger partial charge in [0.05, 0.1) is 12.7 Å². The van der Waals surface area contributed by atoms with Gasteiger partial charge in [0.2, 0.25) is 0 Å². The fourth-order valence-corrected chi connectivity index (χ4v) is 2.51. The van der Waals surface area contributed by atoms with E-state index < -0.39 is 0 Å². The van der Waals surface area contributed by atoms with Crippen LogP contribution in [0.5, 0.6) is 0 Å². The van der Waals surface area contributed by atoms with E-state index in [2.05, 4.69) is 16.0 Å². The summed E-state index contributed by atoms with van der Waals surface area (Å²) in [6.45, 7) is 2.36. The predicted octanol–water partition coefficient (Wildman–Crippen LogP) is 2.67. The topological polar surface area (TPSA) is 25.4 Å². The van der Waals surface area contributed by atoms with Crippen LogP contribution in [0, 0.1) is 5.82 Å². The van der Waals surface area contributed by atoms with E-state index in [1.807, 2.05) is 24.4 Å². The number of anilines is 1. The lowest BCUT2D eigenvalue weighted by Gasteiger charge is -2.34. The van der Waals surface area contributed by atoms with Gasteiger partial charge in [0.15, 0.2) is 0 Å². The van der Waals surface area contributed by atoms with Crippen LogP contribution in [-0.2, 0) is 11.2 Å². The number of morpholine rings is 1. The van der Waals surface area contributed by atoms with Crippen LogP contribution in [0.4, 0.5) is 10.1 Å². The highest BCUT2D eigenvalue weighted by molar-refractivity contribution is 5.46. The van der Waals surface area contributed by atoms with Crippen LogP contribution >= 0.6 is 0 Å². The highest BCUT2D eigenvalue weighted by Gasteiger charge is 2.21. The molecule has 104 valence electrons. The molecule has 3 nitrogen and oxygen atoms in total. The summed E-state index contributed by atoms with van der Waals surface area (Å²) in [6.07, 6.45) is 4.65. The van der Waals surface area contributed by atoms with Gasteiger partial charge in [-0.2, -0.15) is 0 Å².